The largest absolute Gasteiger partial charge is 0.299 e. The molecule has 1 nitrogen and oxygen atoms in total. The molecule has 1 aromatic rings. The van der Waals surface area contributed by atoms with Gasteiger partial charge in [-0.3, -0.25) is 4.79 Å². The van der Waals surface area contributed by atoms with Crippen LogP contribution in [0, 0.1) is 19.8 Å². The van der Waals surface area contributed by atoms with E-state index in [4.69, 9.17) is 0 Å². The summed E-state index contributed by atoms with van der Waals surface area (Å²) in [6.45, 7) is 4.22. The minimum atomic E-state index is 0.435. The van der Waals surface area contributed by atoms with Crippen molar-refractivity contribution in [3.05, 3.63) is 34.9 Å². The van der Waals surface area contributed by atoms with Gasteiger partial charge in [0.25, 0.3) is 0 Å². The summed E-state index contributed by atoms with van der Waals surface area (Å²) in [4.78, 5) is 12.3. The molecule has 19 heavy (non-hydrogen) atoms. The van der Waals surface area contributed by atoms with E-state index in [1.807, 2.05) is 0 Å². The maximum Gasteiger partial charge on any atom is 0.137 e. The van der Waals surface area contributed by atoms with Crippen molar-refractivity contribution in [2.45, 2.75) is 65.2 Å². The number of benzene rings is 1. The summed E-state index contributed by atoms with van der Waals surface area (Å²) in [5.41, 5.74) is 3.77. The molecule has 2 rings (SSSR count). The molecular weight excluding hydrogens is 232 g/mol. The summed E-state index contributed by atoms with van der Waals surface area (Å²) in [5.74, 6) is 1.09. The van der Waals surface area contributed by atoms with E-state index in [0.29, 0.717) is 18.1 Å². The first kappa shape index (κ1) is 14.3. The van der Waals surface area contributed by atoms with E-state index in [9.17, 15) is 4.79 Å². The first-order chi connectivity index (χ1) is 9.16. The highest BCUT2D eigenvalue weighted by Crippen LogP contribution is 2.26. The number of carbonyl (C=O) groups excluding carboxylic acids is 1. The Hall–Kier alpha value is -1.11. The Morgan fingerprint density at radius 3 is 2.21 bits per heavy atom. The smallest absolute Gasteiger partial charge is 0.137 e. The topological polar surface area (TPSA) is 17.1 Å². The molecule has 1 saturated carbocycles. The molecule has 104 valence electrons. The van der Waals surface area contributed by atoms with E-state index >= 15 is 0 Å². The minimum Gasteiger partial charge on any atom is -0.299 e. The van der Waals surface area contributed by atoms with Crippen LogP contribution in [0.2, 0.25) is 0 Å². The van der Waals surface area contributed by atoms with Crippen molar-refractivity contribution in [2.75, 3.05) is 0 Å². The molecule has 0 bridgehead atoms. The predicted octanol–water partition coefficient (Wildman–Crippen LogP) is 4.78. The zero-order valence-electron chi connectivity index (χ0n) is 12.4. The van der Waals surface area contributed by atoms with Crippen molar-refractivity contribution in [2.24, 2.45) is 5.92 Å². The number of carbonyl (C=O) groups is 1. The highest BCUT2D eigenvalue weighted by Gasteiger charge is 2.17. The third kappa shape index (κ3) is 4.19. The van der Waals surface area contributed by atoms with Crippen LogP contribution < -0.4 is 0 Å². The van der Waals surface area contributed by atoms with Gasteiger partial charge in [0, 0.05) is 12.8 Å². The SMILES string of the molecule is Cc1cccc(C)c1CC(=O)CC1CCCCCC1. The van der Waals surface area contributed by atoms with E-state index in [1.165, 1.54) is 55.2 Å². The third-order valence-electron chi connectivity index (χ3n) is 4.51. The first-order valence-corrected chi connectivity index (χ1v) is 7.73. The quantitative estimate of drug-likeness (QED) is 0.711. The number of Topliss-reactive ketones (excluding diaryl/α,β-unsaturated/α-hetero) is 1. The van der Waals surface area contributed by atoms with Gasteiger partial charge < -0.3 is 0 Å². The van der Waals surface area contributed by atoms with Crippen LogP contribution in [0.5, 0.6) is 0 Å². The van der Waals surface area contributed by atoms with Crippen LogP contribution in [0.15, 0.2) is 18.2 Å². The lowest BCUT2D eigenvalue weighted by atomic mass is 9.90. The molecule has 0 radical (unpaired) electrons. The number of hydrogen-bond donors (Lipinski definition) is 0. The van der Waals surface area contributed by atoms with Crippen LogP contribution in [0.3, 0.4) is 0 Å². The lowest BCUT2D eigenvalue weighted by molar-refractivity contribution is -0.119. The van der Waals surface area contributed by atoms with Crippen molar-refractivity contribution < 1.29 is 4.79 Å². The average molecular weight is 258 g/mol. The van der Waals surface area contributed by atoms with Gasteiger partial charge in [-0.2, -0.15) is 0 Å². The standard InChI is InChI=1S/C18H26O/c1-14-8-7-9-15(2)18(14)13-17(19)12-16-10-5-3-4-6-11-16/h7-9,16H,3-6,10-13H2,1-2H3. The summed E-state index contributed by atoms with van der Waals surface area (Å²) in [6, 6.07) is 6.30. The number of hydrogen-bond acceptors (Lipinski definition) is 1. The fraction of sp³-hybridized carbons (Fsp3) is 0.611. The van der Waals surface area contributed by atoms with Crippen LogP contribution in [0.25, 0.3) is 0 Å². The zero-order chi connectivity index (χ0) is 13.7. The molecule has 1 fully saturated rings. The molecule has 0 aromatic heterocycles. The Bertz CT molecular complexity index is 405. The van der Waals surface area contributed by atoms with E-state index < -0.39 is 0 Å². The van der Waals surface area contributed by atoms with Gasteiger partial charge in [-0.1, -0.05) is 56.7 Å². The van der Waals surface area contributed by atoms with Gasteiger partial charge >= 0.3 is 0 Å². The van der Waals surface area contributed by atoms with Gasteiger partial charge in [0.1, 0.15) is 5.78 Å². The zero-order valence-corrected chi connectivity index (χ0v) is 12.4. The third-order valence-corrected chi connectivity index (χ3v) is 4.51. The van der Waals surface area contributed by atoms with E-state index in [1.54, 1.807) is 0 Å². The summed E-state index contributed by atoms with van der Waals surface area (Å²) in [5, 5.41) is 0. The van der Waals surface area contributed by atoms with Gasteiger partial charge in [0.05, 0.1) is 0 Å². The van der Waals surface area contributed by atoms with Crippen LogP contribution in [0.1, 0.15) is 61.6 Å². The molecule has 0 saturated heterocycles. The van der Waals surface area contributed by atoms with E-state index in [2.05, 4.69) is 32.0 Å². The maximum atomic E-state index is 12.3. The summed E-state index contributed by atoms with van der Waals surface area (Å²) in [7, 11) is 0. The highest BCUT2D eigenvalue weighted by molar-refractivity contribution is 5.81. The molecule has 0 heterocycles. The molecule has 1 heteroatoms. The second-order valence-corrected chi connectivity index (χ2v) is 6.15. The van der Waals surface area contributed by atoms with Crippen LogP contribution in [-0.4, -0.2) is 5.78 Å². The monoisotopic (exact) mass is 258 g/mol. The molecule has 0 amide bonds. The Morgan fingerprint density at radius 1 is 1.05 bits per heavy atom. The van der Waals surface area contributed by atoms with Gasteiger partial charge in [0.15, 0.2) is 0 Å². The Morgan fingerprint density at radius 2 is 1.63 bits per heavy atom. The first-order valence-electron chi connectivity index (χ1n) is 7.73. The Balaban J connectivity index is 1.93. The van der Waals surface area contributed by atoms with E-state index in [0.717, 1.165) is 6.42 Å². The maximum absolute atomic E-state index is 12.3. The van der Waals surface area contributed by atoms with Crippen molar-refractivity contribution in [1.82, 2.24) is 0 Å². The number of aryl methyl sites for hydroxylation is 2. The number of ketones is 1. The fourth-order valence-electron chi connectivity index (χ4n) is 3.29. The van der Waals surface area contributed by atoms with Gasteiger partial charge in [-0.05, 0) is 36.5 Å². The second-order valence-electron chi connectivity index (χ2n) is 6.15. The molecule has 0 spiro atoms. The normalized spacial score (nSPS) is 17.2. The summed E-state index contributed by atoms with van der Waals surface area (Å²) < 4.78 is 0. The lowest BCUT2D eigenvalue weighted by Gasteiger charge is -2.14. The summed E-state index contributed by atoms with van der Waals surface area (Å²) >= 11 is 0. The van der Waals surface area contributed by atoms with Crippen molar-refractivity contribution in [3.8, 4) is 0 Å². The molecular formula is C18H26O. The Labute approximate surface area is 117 Å². The highest BCUT2D eigenvalue weighted by atomic mass is 16.1. The second kappa shape index (κ2) is 6.88. The molecule has 1 aliphatic carbocycles. The van der Waals surface area contributed by atoms with Crippen molar-refractivity contribution in [3.63, 3.8) is 0 Å². The van der Waals surface area contributed by atoms with Crippen LogP contribution in [0.4, 0.5) is 0 Å². The minimum absolute atomic E-state index is 0.435. The van der Waals surface area contributed by atoms with Gasteiger partial charge in [-0.15, -0.1) is 0 Å². The predicted molar refractivity (Wildman–Crippen MR) is 80.4 cm³/mol. The van der Waals surface area contributed by atoms with Crippen molar-refractivity contribution in [1.29, 1.82) is 0 Å². The number of rotatable bonds is 4. The molecule has 0 aliphatic heterocycles. The van der Waals surface area contributed by atoms with Gasteiger partial charge in [-0.25, -0.2) is 0 Å². The summed E-state index contributed by atoms with van der Waals surface area (Å²) in [6.07, 6.45) is 9.33. The van der Waals surface area contributed by atoms with E-state index in [-0.39, 0.29) is 0 Å². The molecule has 1 aliphatic rings. The van der Waals surface area contributed by atoms with Crippen molar-refractivity contribution >= 4 is 5.78 Å². The Kier molecular flexibility index (Phi) is 5.18. The lowest BCUT2D eigenvalue weighted by Crippen LogP contribution is -2.11. The van der Waals surface area contributed by atoms with Crippen LogP contribution >= 0.6 is 0 Å². The average Bonchev–Trinajstić information content (AvgIpc) is 2.63. The molecule has 0 N–H and O–H groups in total. The molecule has 1 aromatic carbocycles. The van der Waals surface area contributed by atoms with Crippen LogP contribution in [-0.2, 0) is 11.2 Å². The van der Waals surface area contributed by atoms with Gasteiger partial charge in [0.2, 0.25) is 0 Å². The molecule has 0 unspecified atom stereocenters. The molecule has 0 atom stereocenters. The fourth-order valence-corrected chi connectivity index (χ4v) is 3.29.